The first-order valence-corrected chi connectivity index (χ1v) is 7.45. The highest BCUT2D eigenvalue weighted by atomic mass is 16.2. The molecule has 0 aliphatic carbocycles. The lowest BCUT2D eigenvalue weighted by atomic mass is 9.84. The summed E-state index contributed by atoms with van der Waals surface area (Å²) in [5.41, 5.74) is 3.37. The fraction of sp³-hybridized carbons (Fsp3) is 0.333. The maximum absolute atomic E-state index is 11.9. The van der Waals surface area contributed by atoms with Gasteiger partial charge >= 0.3 is 6.03 Å². The second-order valence-corrected chi connectivity index (χ2v) is 6.14. The standard InChI is InChI=1S/C18H23N3O/c1-14-4-6-16(7-5-14)18(2,3)13-21-17(22)20-12-15-8-10-19-11-9-15/h4-11H,12-13H2,1-3H3,(H2,20,21,22). The summed E-state index contributed by atoms with van der Waals surface area (Å²) in [6.45, 7) is 7.40. The van der Waals surface area contributed by atoms with Gasteiger partial charge in [-0.3, -0.25) is 4.98 Å². The highest BCUT2D eigenvalue weighted by Gasteiger charge is 2.21. The third-order valence-electron chi connectivity index (χ3n) is 3.73. The van der Waals surface area contributed by atoms with Gasteiger partial charge in [0.25, 0.3) is 0 Å². The van der Waals surface area contributed by atoms with Gasteiger partial charge in [-0.05, 0) is 30.2 Å². The Hall–Kier alpha value is -2.36. The summed E-state index contributed by atoms with van der Waals surface area (Å²) in [6.07, 6.45) is 3.44. The van der Waals surface area contributed by atoms with Crippen molar-refractivity contribution in [3.8, 4) is 0 Å². The molecule has 2 rings (SSSR count). The van der Waals surface area contributed by atoms with Crippen LogP contribution in [0, 0.1) is 6.92 Å². The van der Waals surface area contributed by atoms with E-state index < -0.39 is 0 Å². The molecule has 4 heteroatoms. The van der Waals surface area contributed by atoms with Crippen LogP contribution in [0.5, 0.6) is 0 Å². The summed E-state index contributed by atoms with van der Waals surface area (Å²) >= 11 is 0. The highest BCUT2D eigenvalue weighted by Crippen LogP contribution is 2.22. The third-order valence-corrected chi connectivity index (χ3v) is 3.73. The van der Waals surface area contributed by atoms with Gasteiger partial charge in [0.1, 0.15) is 0 Å². The molecule has 1 aromatic heterocycles. The molecule has 2 aromatic rings. The molecule has 2 N–H and O–H groups in total. The summed E-state index contributed by atoms with van der Waals surface area (Å²) < 4.78 is 0. The van der Waals surface area contributed by atoms with Gasteiger partial charge in [0.05, 0.1) is 0 Å². The van der Waals surface area contributed by atoms with Gasteiger partial charge in [0.15, 0.2) is 0 Å². The molecular weight excluding hydrogens is 274 g/mol. The summed E-state index contributed by atoms with van der Waals surface area (Å²) in [5.74, 6) is 0. The Kier molecular flexibility index (Phi) is 5.15. The SMILES string of the molecule is Cc1ccc(C(C)(C)CNC(=O)NCc2ccncc2)cc1. The molecule has 0 saturated heterocycles. The van der Waals surface area contributed by atoms with E-state index in [1.807, 2.05) is 12.1 Å². The molecule has 0 fully saturated rings. The number of hydrogen-bond acceptors (Lipinski definition) is 2. The molecular formula is C18H23N3O. The molecule has 0 radical (unpaired) electrons. The monoisotopic (exact) mass is 297 g/mol. The van der Waals surface area contributed by atoms with E-state index in [4.69, 9.17) is 0 Å². The first-order chi connectivity index (χ1) is 10.5. The minimum atomic E-state index is -0.156. The Balaban J connectivity index is 1.83. The topological polar surface area (TPSA) is 54.0 Å². The second kappa shape index (κ2) is 7.07. The summed E-state index contributed by atoms with van der Waals surface area (Å²) in [5, 5.41) is 5.79. The number of rotatable bonds is 5. The minimum Gasteiger partial charge on any atom is -0.337 e. The van der Waals surface area contributed by atoms with Crippen LogP contribution < -0.4 is 10.6 Å². The highest BCUT2D eigenvalue weighted by molar-refractivity contribution is 5.73. The van der Waals surface area contributed by atoms with Crippen LogP contribution in [-0.2, 0) is 12.0 Å². The Morgan fingerprint density at radius 3 is 2.32 bits per heavy atom. The van der Waals surface area contributed by atoms with Gasteiger partial charge in [-0.2, -0.15) is 0 Å². The quantitative estimate of drug-likeness (QED) is 0.890. The summed E-state index contributed by atoms with van der Waals surface area (Å²) in [7, 11) is 0. The van der Waals surface area contributed by atoms with Crippen molar-refractivity contribution in [3.05, 3.63) is 65.5 Å². The lowest BCUT2D eigenvalue weighted by Gasteiger charge is -2.26. The maximum atomic E-state index is 11.9. The van der Waals surface area contributed by atoms with E-state index in [-0.39, 0.29) is 11.4 Å². The number of carbonyl (C=O) groups is 1. The van der Waals surface area contributed by atoms with Crippen molar-refractivity contribution in [2.45, 2.75) is 32.7 Å². The molecule has 0 atom stereocenters. The lowest BCUT2D eigenvalue weighted by Crippen LogP contribution is -2.42. The number of benzene rings is 1. The number of amides is 2. The van der Waals surface area contributed by atoms with Crippen molar-refractivity contribution in [1.29, 1.82) is 0 Å². The van der Waals surface area contributed by atoms with Crippen LogP contribution >= 0.6 is 0 Å². The maximum Gasteiger partial charge on any atom is 0.315 e. The van der Waals surface area contributed by atoms with E-state index >= 15 is 0 Å². The van der Waals surface area contributed by atoms with E-state index in [1.54, 1.807) is 12.4 Å². The fourth-order valence-corrected chi connectivity index (χ4v) is 2.15. The van der Waals surface area contributed by atoms with Crippen molar-refractivity contribution in [2.24, 2.45) is 0 Å². The van der Waals surface area contributed by atoms with E-state index in [9.17, 15) is 4.79 Å². The smallest absolute Gasteiger partial charge is 0.315 e. The number of aromatic nitrogens is 1. The number of pyridine rings is 1. The first kappa shape index (κ1) is 16.0. The first-order valence-electron chi connectivity index (χ1n) is 7.45. The molecule has 1 heterocycles. The number of nitrogens with zero attached hydrogens (tertiary/aromatic N) is 1. The molecule has 0 bridgehead atoms. The molecule has 0 saturated carbocycles. The number of carbonyl (C=O) groups excluding carboxylic acids is 1. The van der Waals surface area contributed by atoms with Gasteiger partial charge < -0.3 is 10.6 Å². The van der Waals surface area contributed by atoms with Gasteiger partial charge in [0.2, 0.25) is 0 Å². The third kappa shape index (κ3) is 4.58. The van der Waals surface area contributed by atoms with Gasteiger partial charge in [-0.25, -0.2) is 4.79 Å². The predicted molar refractivity (Wildman–Crippen MR) is 88.7 cm³/mol. The van der Waals surface area contributed by atoms with Crippen LogP contribution in [0.2, 0.25) is 0 Å². The lowest BCUT2D eigenvalue weighted by molar-refractivity contribution is 0.238. The largest absolute Gasteiger partial charge is 0.337 e. The van der Waals surface area contributed by atoms with E-state index in [0.29, 0.717) is 13.1 Å². The van der Waals surface area contributed by atoms with Gasteiger partial charge in [-0.15, -0.1) is 0 Å². The van der Waals surface area contributed by atoms with Crippen LogP contribution in [0.1, 0.15) is 30.5 Å². The second-order valence-electron chi connectivity index (χ2n) is 6.14. The molecule has 1 aromatic carbocycles. The molecule has 4 nitrogen and oxygen atoms in total. The van der Waals surface area contributed by atoms with E-state index in [0.717, 1.165) is 5.56 Å². The number of aryl methyl sites for hydroxylation is 1. The van der Waals surface area contributed by atoms with Crippen LogP contribution in [0.25, 0.3) is 0 Å². The molecule has 116 valence electrons. The van der Waals surface area contributed by atoms with Crippen molar-refractivity contribution in [3.63, 3.8) is 0 Å². The Labute approximate surface area is 132 Å². The predicted octanol–water partition coefficient (Wildman–Crippen LogP) is 3.17. The zero-order valence-electron chi connectivity index (χ0n) is 13.4. The zero-order valence-corrected chi connectivity index (χ0v) is 13.4. The zero-order chi connectivity index (χ0) is 16.0. The molecule has 0 unspecified atom stereocenters. The van der Waals surface area contributed by atoms with Gasteiger partial charge in [0, 0.05) is 30.9 Å². The molecule has 0 spiro atoms. The summed E-state index contributed by atoms with van der Waals surface area (Å²) in [4.78, 5) is 15.9. The van der Waals surface area contributed by atoms with Gasteiger partial charge in [-0.1, -0.05) is 43.7 Å². The number of hydrogen-bond donors (Lipinski definition) is 2. The van der Waals surface area contributed by atoms with Crippen LogP contribution in [0.3, 0.4) is 0 Å². The van der Waals surface area contributed by atoms with Crippen molar-refractivity contribution >= 4 is 6.03 Å². The van der Waals surface area contributed by atoms with Crippen molar-refractivity contribution < 1.29 is 4.79 Å². The minimum absolute atomic E-state index is 0.109. The Morgan fingerprint density at radius 1 is 1.05 bits per heavy atom. The number of nitrogens with one attached hydrogen (secondary N) is 2. The molecule has 22 heavy (non-hydrogen) atoms. The van der Waals surface area contributed by atoms with E-state index in [2.05, 4.69) is 60.7 Å². The summed E-state index contributed by atoms with van der Waals surface area (Å²) in [6, 6.07) is 12.0. The molecule has 0 aliphatic rings. The average Bonchev–Trinajstić information content (AvgIpc) is 2.52. The van der Waals surface area contributed by atoms with Crippen molar-refractivity contribution in [1.82, 2.24) is 15.6 Å². The average molecular weight is 297 g/mol. The van der Waals surface area contributed by atoms with Crippen LogP contribution in [0.4, 0.5) is 4.79 Å². The molecule has 0 aliphatic heterocycles. The Morgan fingerprint density at radius 2 is 1.68 bits per heavy atom. The van der Waals surface area contributed by atoms with Crippen LogP contribution in [-0.4, -0.2) is 17.6 Å². The normalized spacial score (nSPS) is 11.0. The number of urea groups is 1. The van der Waals surface area contributed by atoms with E-state index in [1.165, 1.54) is 11.1 Å². The molecule has 2 amide bonds. The van der Waals surface area contributed by atoms with Crippen molar-refractivity contribution in [2.75, 3.05) is 6.54 Å². The fourth-order valence-electron chi connectivity index (χ4n) is 2.15. The van der Waals surface area contributed by atoms with Crippen LogP contribution in [0.15, 0.2) is 48.8 Å². The Bertz CT molecular complexity index is 606.